The average Bonchev–Trinajstić information content (AvgIpc) is 3.16. The number of likely N-dealkylation sites (tertiary alicyclic amines) is 1. The summed E-state index contributed by atoms with van der Waals surface area (Å²) in [5.74, 6) is -0.0649. The van der Waals surface area contributed by atoms with Crippen LogP contribution in [0.15, 0.2) is 42.7 Å². The molecule has 1 fully saturated rings. The van der Waals surface area contributed by atoms with Crippen LogP contribution in [-0.4, -0.2) is 39.6 Å². The van der Waals surface area contributed by atoms with Gasteiger partial charge in [-0.2, -0.15) is 5.10 Å². The molecule has 1 aliphatic rings. The monoisotopic (exact) mass is 346 g/mol. The third-order valence-electron chi connectivity index (χ3n) is 4.27. The molecule has 24 heavy (non-hydrogen) atoms. The van der Waals surface area contributed by atoms with E-state index in [-0.39, 0.29) is 23.9 Å². The maximum absolute atomic E-state index is 12.2. The van der Waals surface area contributed by atoms with Gasteiger partial charge >= 0.3 is 0 Å². The SMILES string of the molecule is CN1C(=O)C[C@@H](NC(=O)CCn2cccn2)[C@@H]1c1ccc(Cl)cc1. The molecule has 2 aromatic rings. The zero-order valence-corrected chi connectivity index (χ0v) is 14.1. The van der Waals surface area contributed by atoms with E-state index in [1.807, 2.05) is 24.4 Å². The highest BCUT2D eigenvalue weighted by atomic mass is 35.5. The normalized spacial score (nSPS) is 20.4. The predicted molar refractivity (Wildman–Crippen MR) is 90.4 cm³/mol. The first-order valence-electron chi connectivity index (χ1n) is 7.82. The molecule has 6 nitrogen and oxygen atoms in total. The largest absolute Gasteiger partial charge is 0.350 e. The molecule has 0 unspecified atom stereocenters. The molecule has 0 bridgehead atoms. The van der Waals surface area contributed by atoms with Gasteiger partial charge < -0.3 is 10.2 Å². The van der Waals surface area contributed by atoms with Crippen molar-refractivity contribution in [3.05, 3.63) is 53.3 Å². The van der Waals surface area contributed by atoms with Gasteiger partial charge in [0.1, 0.15) is 0 Å². The number of aromatic nitrogens is 2. The molecule has 7 heteroatoms. The van der Waals surface area contributed by atoms with Crippen molar-refractivity contribution in [3.63, 3.8) is 0 Å². The Morgan fingerprint density at radius 2 is 2.12 bits per heavy atom. The van der Waals surface area contributed by atoms with Crippen molar-refractivity contribution in [1.29, 1.82) is 0 Å². The lowest BCUT2D eigenvalue weighted by Crippen LogP contribution is -2.39. The first-order valence-corrected chi connectivity index (χ1v) is 8.20. The fraction of sp³-hybridized carbons (Fsp3) is 0.353. The minimum Gasteiger partial charge on any atom is -0.350 e. The summed E-state index contributed by atoms with van der Waals surface area (Å²) in [6.45, 7) is 0.515. The Kier molecular flexibility index (Phi) is 4.85. The fourth-order valence-electron chi connectivity index (χ4n) is 3.04. The molecule has 1 N–H and O–H groups in total. The van der Waals surface area contributed by atoms with Gasteiger partial charge in [0.25, 0.3) is 0 Å². The summed E-state index contributed by atoms with van der Waals surface area (Å²) < 4.78 is 1.71. The van der Waals surface area contributed by atoms with E-state index in [4.69, 9.17) is 11.6 Å². The summed E-state index contributed by atoms with van der Waals surface area (Å²) >= 11 is 5.94. The third kappa shape index (κ3) is 3.59. The van der Waals surface area contributed by atoms with E-state index in [1.54, 1.807) is 35.0 Å². The highest BCUT2D eigenvalue weighted by Gasteiger charge is 2.39. The Labute approximate surface area is 145 Å². The van der Waals surface area contributed by atoms with Gasteiger partial charge in [0.05, 0.1) is 12.1 Å². The van der Waals surface area contributed by atoms with Crippen LogP contribution in [-0.2, 0) is 16.1 Å². The van der Waals surface area contributed by atoms with Crippen molar-refractivity contribution in [2.45, 2.75) is 31.5 Å². The van der Waals surface area contributed by atoms with Crippen LogP contribution in [0.5, 0.6) is 0 Å². The van der Waals surface area contributed by atoms with Crippen molar-refractivity contribution in [2.75, 3.05) is 7.05 Å². The molecule has 0 aliphatic carbocycles. The second kappa shape index (κ2) is 7.05. The van der Waals surface area contributed by atoms with Gasteiger partial charge in [-0.1, -0.05) is 23.7 Å². The van der Waals surface area contributed by atoms with Crippen LogP contribution in [0, 0.1) is 0 Å². The lowest BCUT2D eigenvalue weighted by Gasteiger charge is -2.26. The Bertz CT molecular complexity index is 715. The summed E-state index contributed by atoms with van der Waals surface area (Å²) in [7, 11) is 1.76. The fourth-order valence-corrected chi connectivity index (χ4v) is 3.17. The van der Waals surface area contributed by atoms with E-state index in [0.717, 1.165) is 5.56 Å². The molecule has 3 rings (SSSR count). The molecule has 1 aromatic heterocycles. The van der Waals surface area contributed by atoms with Crippen molar-refractivity contribution >= 4 is 23.4 Å². The van der Waals surface area contributed by atoms with Gasteiger partial charge in [-0.05, 0) is 23.8 Å². The Morgan fingerprint density at radius 3 is 2.79 bits per heavy atom. The number of carbonyl (C=O) groups excluding carboxylic acids is 2. The van der Waals surface area contributed by atoms with Gasteiger partial charge in [-0.15, -0.1) is 0 Å². The van der Waals surface area contributed by atoms with Crippen LogP contribution in [0.2, 0.25) is 5.02 Å². The molecule has 0 radical (unpaired) electrons. The van der Waals surface area contributed by atoms with Crippen LogP contribution in [0.4, 0.5) is 0 Å². The molecule has 1 aromatic carbocycles. The first kappa shape index (κ1) is 16.5. The van der Waals surface area contributed by atoms with Crippen LogP contribution in [0.1, 0.15) is 24.4 Å². The molecule has 0 saturated carbocycles. The Balaban J connectivity index is 1.67. The van der Waals surface area contributed by atoms with Crippen molar-refractivity contribution in [3.8, 4) is 0 Å². The molecule has 2 amide bonds. The third-order valence-corrected chi connectivity index (χ3v) is 4.52. The van der Waals surface area contributed by atoms with Crippen LogP contribution in [0.25, 0.3) is 0 Å². The number of nitrogens with zero attached hydrogens (tertiary/aromatic N) is 3. The zero-order valence-electron chi connectivity index (χ0n) is 13.4. The van der Waals surface area contributed by atoms with E-state index in [1.165, 1.54) is 0 Å². The Hall–Kier alpha value is -2.34. The summed E-state index contributed by atoms with van der Waals surface area (Å²) in [5.41, 5.74) is 0.963. The van der Waals surface area contributed by atoms with Crippen molar-refractivity contribution < 1.29 is 9.59 Å². The second-order valence-corrected chi connectivity index (χ2v) is 6.33. The number of carbonyl (C=O) groups is 2. The molecule has 2 atom stereocenters. The molecule has 1 saturated heterocycles. The van der Waals surface area contributed by atoms with E-state index in [2.05, 4.69) is 10.4 Å². The quantitative estimate of drug-likeness (QED) is 0.900. The summed E-state index contributed by atoms with van der Waals surface area (Å²) in [5, 5.41) is 7.71. The van der Waals surface area contributed by atoms with Gasteiger partial charge in [-0.3, -0.25) is 14.3 Å². The van der Waals surface area contributed by atoms with Gasteiger partial charge in [-0.25, -0.2) is 0 Å². The number of hydrogen-bond acceptors (Lipinski definition) is 3. The number of aryl methyl sites for hydroxylation is 1. The highest BCUT2D eigenvalue weighted by Crippen LogP contribution is 2.32. The van der Waals surface area contributed by atoms with Crippen LogP contribution in [0.3, 0.4) is 0 Å². The smallest absolute Gasteiger partial charge is 0.225 e. The maximum atomic E-state index is 12.2. The second-order valence-electron chi connectivity index (χ2n) is 5.90. The van der Waals surface area contributed by atoms with Gasteiger partial charge in [0.15, 0.2) is 0 Å². The lowest BCUT2D eigenvalue weighted by molar-refractivity contribution is -0.127. The van der Waals surface area contributed by atoms with E-state index in [9.17, 15) is 9.59 Å². The number of halogens is 1. The van der Waals surface area contributed by atoms with Crippen molar-refractivity contribution in [1.82, 2.24) is 20.0 Å². The minimum atomic E-state index is -0.242. The van der Waals surface area contributed by atoms with E-state index >= 15 is 0 Å². The van der Waals surface area contributed by atoms with Crippen LogP contribution >= 0.6 is 11.6 Å². The summed E-state index contributed by atoms with van der Waals surface area (Å²) in [6.07, 6.45) is 4.12. The Morgan fingerprint density at radius 1 is 1.38 bits per heavy atom. The molecular formula is C17H19ClN4O2. The topological polar surface area (TPSA) is 67.2 Å². The zero-order chi connectivity index (χ0) is 17.1. The number of amides is 2. The van der Waals surface area contributed by atoms with Crippen LogP contribution < -0.4 is 5.32 Å². The minimum absolute atomic E-state index is 0.0207. The predicted octanol–water partition coefficient (Wildman–Crippen LogP) is 2.01. The van der Waals surface area contributed by atoms with E-state index < -0.39 is 0 Å². The maximum Gasteiger partial charge on any atom is 0.225 e. The summed E-state index contributed by atoms with van der Waals surface area (Å²) in [6, 6.07) is 8.78. The number of likely N-dealkylation sites (N-methyl/N-ethyl adjacent to an activating group) is 1. The molecule has 126 valence electrons. The number of hydrogen-bond donors (Lipinski definition) is 1. The summed E-state index contributed by atoms with van der Waals surface area (Å²) in [4.78, 5) is 26.0. The number of rotatable bonds is 5. The highest BCUT2D eigenvalue weighted by molar-refractivity contribution is 6.30. The number of nitrogens with one attached hydrogen (secondary N) is 1. The molecule has 2 heterocycles. The van der Waals surface area contributed by atoms with Gasteiger partial charge in [0, 0.05) is 43.9 Å². The average molecular weight is 347 g/mol. The van der Waals surface area contributed by atoms with Crippen molar-refractivity contribution in [2.24, 2.45) is 0 Å². The lowest BCUT2D eigenvalue weighted by atomic mass is 10.00. The molecule has 0 spiro atoms. The number of benzene rings is 1. The first-order chi connectivity index (χ1) is 11.5. The standard InChI is InChI=1S/C17H19ClN4O2/c1-21-16(24)11-14(17(21)12-3-5-13(18)6-4-12)20-15(23)7-10-22-9-2-8-19-22/h2-6,8-9,14,17H,7,10-11H2,1H3,(H,20,23)/t14-,17+/m1/s1. The molecular weight excluding hydrogens is 328 g/mol. The van der Waals surface area contributed by atoms with E-state index in [0.29, 0.717) is 24.4 Å². The molecule has 1 aliphatic heterocycles. The van der Waals surface area contributed by atoms with Gasteiger partial charge in [0.2, 0.25) is 11.8 Å².